The molecule has 0 radical (unpaired) electrons. The van der Waals surface area contributed by atoms with E-state index in [0.717, 1.165) is 22.5 Å². The molecular formula is C21H18N2O4. The van der Waals surface area contributed by atoms with Gasteiger partial charge in [-0.3, -0.25) is 9.59 Å². The van der Waals surface area contributed by atoms with Gasteiger partial charge in [-0.25, -0.2) is 4.98 Å². The summed E-state index contributed by atoms with van der Waals surface area (Å²) < 4.78 is 7.12. The Kier molecular flexibility index (Phi) is 4.46. The van der Waals surface area contributed by atoms with E-state index in [2.05, 4.69) is 4.98 Å². The average molecular weight is 362 g/mol. The Balaban J connectivity index is 1.71. The number of nitrogens with zero attached hydrogens (tertiary/aromatic N) is 2. The van der Waals surface area contributed by atoms with Crippen LogP contribution in [0.3, 0.4) is 0 Å². The minimum atomic E-state index is -0.778. The number of phenolic OH excluding ortho intramolecular Hbond substituents is 1. The number of benzene rings is 2. The van der Waals surface area contributed by atoms with E-state index in [1.165, 1.54) is 0 Å². The summed E-state index contributed by atoms with van der Waals surface area (Å²) in [6.07, 6.45) is 1.03. The summed E-state index contributed by atoms with van der Waals surface area (Å²) in [6, 6.07) is 16.7. The molecular weight excluding hydrogens is 344 g/mol. The van der Waals surface area contributed by atoms with Crippen molar-refractivity contribution in [2.75, 3.05) is 0 Å². The van der Waals surface area contributed by atoms with Gasteiger partial charge in [0, 0.05) is 24.2 Å². The number of ether oxygens (including phenoxy) is 1. The number of aromatic nitrogens is 2. The number of carbonyl (C=O) groups is 2. The molecule has 1 N–H and O–H groups in total. The van der Waals surface area contributed by atoms with Crippen LogP contribution in [-0.4, -0.2) is 32.5 Å². The van der Waals surface area contributed by atoms with E-state index in [0.29, 0.717) is 6.54 Å². The lowest BCUT2D eigenvalue weighted by Gasteiger charge is -2.14. The van der Waals surface area contributed by atoms with E-state index in [1.54, 1.807) is 24.5 Å². The predicted octanol–water partition coefficient (Wildman–Crippen LogP) is 2.73. The number of rotatable bonds is 5. The Morgan fingerprint density at radius 1 is 1.11 bits per heavy atom. The van der Waals surface area contributed by atoms with Crippen LogP contribution in [-0.2, 0) is 27.3 Å². The fourth-order valence-electron chi connectivity index (χ4n) is 3.30. The molecule has 1 aromatic heterocycles. The van der Waals surface area contributed by atoms with Gasteiger partial charge in [-0.2, -0.15) is 0 Å². The van der Waals surface area contributed by atoms with Crippen molar-refractivity contribution in [2.24, 2.45) is 0 Å². The first-order chi connectivity index (χ1) is 13.1. The molecule has 2 aromatic carbocycles. The van der Waals surface area contributed by atoms with Crippen molar-refractivity contribution in [1.29, 1.82) is 0 Å². The largest absolute Gasteiger partial charge is 0.508 e. The maximum atomic E-state index is 12.1. The zero-order valence-corrected chi connectivity index (χ0v) is 14.5. The highest BCUT2D eigenvalue weighted by molar-refractivity contribution is 6.03. The first-order valence-electron chi connectivity index (χ1n) is 8.69. The van der Waals surface area contributed by atoms with Gasteiger partial charge in [0.2, 0.25) is 0 Å². The van der Waals surface area contributed by atoms with Crippen LogP contribution >= 0.6 is 0 Å². The Hall–Kier alpha value is -3.41. The highest BCUT2D eigenvalue weighted by Gasteiger charge is 2.34. The summed E-state index contributed by atoms with van der Waals surface area (Å²) in [7, 11) is 0. The lowest BCUT2D eigenvalue weighted by molar-refractivity contribution is -0.142. The van der Waals surface area contributed by atoms with Crippen LogP contribution in [0.4, 0.5) is 0 Å². The number of carbonyl (C=O) groups excluding carboxylic acids is 2. The van der Waals surface area contributed by atoms with Crippen molar-refractivity contribution in [1.82, 2.24) is 9.55 Å². The highest BCUT2D eigenvalue weighted by Crippen LogP contribution is 2.26. The number of phenols is 1. The average Bonchev–Trinajstić information content (AvgIpc) is 3.19. The highest BCUT2D eigenvalue weighted by atomic mass is 16.6. The van der Waals surface area contributed by atoms with Crippen molar-refractivity contribution in [3.63, 3.8) is 0 Å². The van der Waals surface area contributed by atoms with Crippen LogP contribution in [0.5, 0.6) is 5.75 Å². The Labute approximate surface area is 156 Å². The summed E-state index contributed by atoms with van der Waals surface area (Å²) in [5.74, 6) is -0.494. The zero-order valence-electron chi connectivity index (χ0n) is 14.5. The van der Waals surface area contributed by atoms with Crippen LogP contribution in [0.15, 0.2) is 60.9 Å². The third-order valence-corrected chi connectivity index (χ3v) is 4.59. The molecule has 136 valence electrons. The van der Waals surface area contributed by atoms with Gasteiger partial charge in [0.25, 0.3) is 0 Å². The minimum absolute atomic E-state index is 0.175. The van der Waals surface area contributed by atoms with Crippen LogP contribution in [0.1, 0.15) is 17.7 Å². The van der Waals surface area contributed by atoms with E-state index in [-0.39, 0.29) is 24.4 Å². The second kappa shape index (κ2) is 7.07. The van der Waals surface area contributed by atoms with Crippen LogP contribution in [0, 0.1) is 0 Å². The number of ketones is 1. The molecule has 0 aliphatic carbocycles. The number of aromatic hydroxyl groups is 1. The third kappa shape index (κ3) is 3.60. The second-order valence-electron chi connectivity index (χ2n) is 6.53. The molecule has 1 aliphatic rings. The molecule has 4 rings (SSSR count). The molecule has 1 atom stereocenters. The number of Topliss-reactive ketones (excluding diaryl/α,β-unsaturated/α-hetero) is 1. The molecule has 2 heterocycles. The summed E-state index contributed by atoms with van der Waals surface area (Å²) in [5, 5.41) is 9.71. The minimum Gasteiger partial charge on any atom is -0.508 e. The molecule has 1 fully saturated rings. The quantitative estimate of drug-likeness (QED) is 0.557. The molecule has 0 amide bonds. The SMILES string of the molecule is O=C1CC(=O)C(Cc2c(-c3ccccc3)ncn2Cc2cccc(O)c2)O1. The first kappa shape index (κ1) is 17.0. The Bertz CT molecular complexity index is 994. The standard InChI is InChI=1S/C21H18N2O4/c24-16-8-4-5-14(9-16)12-23-13-22-21(15-6-2-1-3-7-15)17(23)10-19-18(25)11-20(26)27-19/h1-9,13,19,24H,10-12H2. The van der Waals surface area contributed by atoms with Gasteiger partial charge in [0.1, 0.15) is 12.2 Å². The van der Waals surface area contributed by atoms with Gasteiger partial charge >= 0.3 is 5.97 Å². The molecule has 0 bridgehead atoms. The van der Waals surface area contributed by atoms with E-state index >= 15 is 0 Å². The van der Waals surface area contributed by atoms with E-state index in [1.807, 2.05) is 41.0 Å². The number of esters is 1. The maximum absolute atomic E-state index is 12.1. The predicted molar refractivity (Wildman–Crippen MR) is 98.1 cm³/mol. The van der Waals surface area contributed by atoms with Gasteiger partial charge in [-0.05, 0) is 17.7 Å². The molecule has 27 heavy (non-hydrogen) atoms. The summed E-state index contributed by atoms with van der Waals surface area (Å²) in [4.78, 5) is 28.1. The number of imidazole rings is 1. The third-order valence-electron chi connectivity index (χ3n) is 4.59. The van der Waals surface area contributed by atoms with Crippen LogP contribution < -0.4 is 0 Å². The molecule has 6 nitrogen and oxygen atoms in total. The first-order valence-corrected chi connectivity index (χ1v) is 8.69. The lowest BCUT2D eigenvalue weighted by Crippen LogP contribution is -2.21. The van der Waals surface area contributed by atoms with E-state index in [4.69, 9.17) is 4.74 Å². The molecule has 0 spiro atoms. The lowest BCUT2D eigenvalue weighted by atomic mass is 10.0. The van der Waals surface area contributed by atoms with Crippen molar-refractivity contribution in [3.8, 4) is 17.0 Å². The number of hydrogen-bond acceptors (Lipinski definition) is 5. The van der Waals surface area contributed by atoms with Crippen molar-refractivity contribution in [3.05, 3.63) is 72.2 Å². The molecule has 1 saturated heterocycles. The maximum Gasteiger partial charge on any atom is 0.314 e. The van der Waals surface area contributed by atoms with Crippen LogP contribution in [0.25, 0.3) is 11.3 Å². The zero-order chi connectivity index (χ0) is 18.8. The number of hydrogen-bond donors (Lipinski definition) is 1. The Morgan fingerprint density at radius 2 is 1.93 bits per heavy atom. The van der Waals surface area contributed by atoms with E-state index in [9.17, 15) is 14.7 Å². The van der Waals surface area contributed by atoms with Gasteiger partial charge in [-0.1, -0.05) is 42.5 Å². The van der Waals surface area contributed by atoms with Gasteiger partial charge < -0.3 is 14.4 Å². The normalized spacial score (nSPS) is 16.5. The second-order valence-corrected chi connectivity index (χ2v) is 6.53. The van der Waals surface area contributed by atoms with Crippen LogP contribution in [0.2, 0.25) is 0 Å². The van der Waals surface area contributed by atoms with Gasteiger partial charge in [-0.15, -0.1) is 0 Å². The topological polar surface area (TPSA) is 81.4 Å². The molecule has 1 aliphatic heterocycles. The summed E-state index contributed by atoms with van der Waals surface area (Å²) >= 11 is 0. The molecule has 1 unspecified atom stereocenters. The van der Waals surface area contributed by atoms with Crippen molar-refractivity contribution < 1.29 is 19.4 Å². The van der Waals surface area contributed by atoms with E-state index < -0.39 is 12.1 Å². The Morgan fingerprint density at radius 3 is 2.63 bits per heavy atom. The van der Waals surface area contributed by atoms with Gasteiger partial charge in [0.05, 0.1) is 12.0 Å². The number of cyclic esters (lactones) is 1. The molecule has 6 heteroatoms. The monoisotopic (exact) mass is 362 g/mol. The summed E-state index contributed by atoms with van der Waals surface area (Å²) in [5.41, 5.74) is 3.41. The van der Waals surface area contributed by atoms with Crippen molar-refractivity contribution >= 4 is 11.8 Å². The smallest absolute Gasteiger partial charge is 0.314 e. The van der Waals surface area contributed by atoms with Crippen molar-refractivity contribution in [2.45, 2.75) is 25.5 Å². The fraction of sp³-hybridized carbons (Fsp3) is 0.190. The molecule has 0 saturated carbocycles. The summed E-state index contributed by atoms with van der Waals surface area (Å²) in [6.45, 7) is 0.485. The molecule has 3 aromatic rings. The fourth-order valence-corrected chi connectivity index (χ4v) is 3.30. The van der Waals surface area contributed by atoms with Gasteiger partial charge in [0.15, 0.2) is 11.9 Å².